The number of aromatic amines is 1. The van der Waals surface area contributed by atoms with E-state index in [1.807, 2.05) is 78.7 Å². The number of nitrogens with zero attached hydrogens (tertiary/aromatic N) is 3. The van der Waals surface area contributed by atoms with Crippen LogP contribution in [0.2, 0.25) is 0 Å². The number of nitrogens with one attached hydrogen (secondary N) is 1. The minimum absolute atomic E-state index is 0.0176. The number of benzene rings is 2. The zero-order chi connectivity index (χ0) is 22.8. The highest BCUT2D eigenvalue weighted by Gasteiger charge is 2.33. The van der Waals surface area contributed by atoms with Crippen LogP contribution in [0, 0.1) is 0 Å². The molecule has 7 heteroatoms. The number of aromatic nitrogens is 2. The monoisotopic (exact) mass is 456 g/mol. The number of fused-ring (bicyclic) bond motifs is 1. The maximum Gasteiger partial charge on any atom is 0.266 e. The quantitative estimate of drug-likeness (QED) is 0.397. The summed E-state index contributed by atoms with van der Waals surface area (Å²) in [5.41, 5.74) is 4.07. The van der Waals surface area contributed by atoms with Crippen LogP contribution in [0.1, 0.15) is 11.1 Å². The second kappa shape index (κ2) is 9.03. The molecule has 1 fully saturated rings. The van der Waals surface area contributed by atoms with Crippen LogP contribution in [0.5, 0.6) is 5.75 Å². The summed E-state index contributed by atoms with van der Waals surface area (Å²) in [7, 11) is 3.61. The molecule has 1 aliphatic heterocycles. The van der Waals surface area contributed by atoms with Crippen molar-refractivity contribution in [3.8, 4) is 5.75 Å². The number of aliphatic imine (C=N–C) groups is 1. The maximum atomic E-state index is 13.4. The molecule has 5 rings (SSSR count). The van der Waals surface area contributed by atoms with E-state index in [1.54, 1.807) is 12.0 Å². The smallest absolute Gasteiger partial charge is 0.266 e. The molecule has 0 spiro atoms. The van der Waals surface area contributed by atoms with Gasteiger partial charge in [0.2, 0.25) is 0 Å². The number of ether oxygens (including phenoxy) is 1. The second-order valence-electron chi connectivity index (χ2n) is 7.88. The van der Waals surface area contributed by atoms with Crippen LogP contribution in [0.15, 0.2) is 83.1 Å². The fraction of sp³-hybridized carbons (Fsp3) is 0.154. The fourth-order valence-corrected chi connectivity index (χ4v) is 4.91. The number of carbonyl (C=O) groups excluding carboxylic acids is 1. The average Bonchev–Trinajstić information content (AvgIpc) is 3.51. The number of thioether (sulfide) groups is 1. The Kier molecular flexibility index (Phi) is 5.79. The van der Waals surface area contributed by atoms with Gasteiger partial charge in [0.05, 0.1) is 17.7 Å². The van der Waals surface area contributed by atoms with Crippen LogP contribution in [0.25, 0.3) is 17.0 Å². The highest BCUT2D eigenvalue weighted by molar-refractivity contribution is 8.18. The first-order chi connectivity index (χ1) is 16.1. The molecule has 0 bridgehead atoms. The van der Waals surface area contributed by atoms with Gasteiger partial charge in [-0.2, -0.15) is 0 Å². The molecule has 166 valence electrons. The lowest BCUT2D eigenvalue weighted by molar-refractivity contribution is -0.122. The molecule has 6 nitrogen and oxygen atoms in total. The lowest BCUT2D eigenvalue weighted by Gasteiger charge is -2.15. The molecule has 1 saturated heterocycles. The van der Waals surface area contributed by atoms with Crippen molar-refractivity contribution < 1.29 is 9.53 Å². The van der Waals surface area contributed by atoms with Gasteiger partial charge in [0.15, 0.2) is 5.17 Å². The number of aryl methyl sites for hydroxylation is 1. The molecule has 3 heterocycles. The number of H-pyrrole nitrogens is 1. The number of hydrogen-bond donors (Lipinski definition) is 1. The van der Waals surface area contributed by atoms with Crippen molar-refractivity contribution in [1.29, 1.82) is 0 Å². The van der Waals surface area contributed by atoms with Crippen LogP contribution in [-0.2, 0) is 18.3 Å². The highest BCUT2D eigenvalue weighted by atomic mass is 32.2. The van der Waals surface area contributed by atoms with Gasteiger partial charge in [0.25, 0.3) is 5.91 Å². The van der Waals surface area contributed by atoms with Crippen LogP contribution in [0.3, 0.4) is 0 Å². The minimum atomic E-state index is -0.0176. The Morgan fingerprint density at radius 1 is 1.12 bits per heavy atom. The van der Waals surface area contributed by atoms with Gasteiger partial charge in [0, 0.05) is 43.1 Å². The van der Waals surface area contributed by atoms with Crippen molar-refractivity contribution in [2.75, 3.05) is 13.7 Å². The molecule has 1 amide bonds. The van der Waals surface area contributed by atoms with Gasteiger partial charge in [-0.25, -0.2) is 4.99 Å². The number of methoxy groups -OCH3 is 1. The van der Waals surface area contributed by atoms with E-state index in [4.69, 9.17) is 9.73 Å². The average molecular weight is 457 g/mol. The lowest BCUT2D eigenvalue weighted by Crippen LogP contribution is -2.31. The predicted molar refractivity (Wildman–Crippen MR) is 135 cm³/mol. The second-order valence-corrected chi connectivity index (χ2v) is 8.89. The highest BCUT2D eigenvalue weighted by Crippen LogP contribution is 2.35. The van der Waals surface area contributed by atoms with E-state index in [-0.39, 0.29) is 5.91 Å². The van der Waals surface area contributed by atoms with E-state index in [1.165, 1.54) is 22.7 Å². The molecule has 0 atom stereocenters. The predicted octanol–water partition coefficient (Wildman–Crippen LogP) is 5.36. The standard InChI is InChI=1S/C26H24N4O2S/c1-29-13-11-18(17-29)15-24-25(31)30(14-12-19-16-27-23-6-4-3-5-22(19)23)26(33-24)28-20-7-9-21(32-2)10-8-20/h3-11,13,15-17,27H,12,14H2,1-2H3/b24-15+,28-26?. The molecular weight excluding hydrogens is 432 g/mol. The summed E-state index contributed by atoms with van der Waals surface area (Å²) in [6.07, 6.45) is 8.66. The Hall–Kier alpha value is -3.71. The fourth-order valence-electron chi connectivity index (χ4n) is 3.89. The summed E-state index contributed by atoms with van der Waals surface area (Å²) in [4.78, 5) is 23.9. The zero-order valence-electron chi connectivity index (χ0n) is 18.5. The Balaban J connectivity index is 1.44. The van der Waals surface area contributed by atoms with Crippen LogP contribution < -0.4 is 4.74 Å². The number of para-hydroxylation sites is 1. The third kappa shape index (κ3) is 4.45. The lowest BCUT2D eigenvalue weighted by atomic mass is 10.1. The van der Waals surface area contributed by atoms with Crippen molar-refractivity contribution in [3.63, 3.8) is 0 Å². The number of amidine groups is 1. The molecule has 0 saturated carbocycles. The summed E-state index contributed by atoms with van der Waals surface area (Å²) < 4.78 is 7.22. The summed E-state index contributed by atoms with van der Waals surface area (Å²) >= 11 is 1.42. The van der Waals surface area contributed by atoms with E-state index >= 15 is 0 Å². The van der Waals surface area contributed by atoms with E-state index in [9.17, 15) is 4.79 Å². The largest absolute Gasteiger partial charge is 0.497 e. The molecule has 0 aliphatic carbocycles. The number of rotatable bonds is 6. The molecule has 0 radical (unpaired) electrons. The van der Waals surface area contributed by atoms with Gasteiger partial charge in [0.1, 0.15) is 5.75 Å². The summed E-state index contributed by atoms with van der Waals surface area (Å²) in [5.74, 6) is 0.755. The molecular formula is C26H24N4O2S. The third-order valence-corrected chi connectivity index (χ3v) is 6.62. The first-order valence-electron chi connectivity index (χ1n) is 10.7. The van der Waals surface area contributed by atoms with Gasteiger partial charge in [-0.05, 0) is 71.8 Å². The van der Waals surface area contributed by atoms with Crippen molar-refractivity contribution >= 4 is 45.5 Å². The summed E-state index contributed by atoms with van der Waals surface area (Å²) in [5, 5.41) is 1.87. The minimum Gasteiger partial charge on any atom is -0.497 e. The van der Waals surface area contributed by atoms with Gasteiger partial charge in [-0.3, -0.25) is 9.69 Å². The third-order valence-electron chi connectivity index (χ3n) is 5.62. The first-order valence-corrected chi connectivity index (χ1v) is 11.5. The Bertz CT molecular complexity index is 1360. The number of hydrogen-bond acceptors (Lipinski definition) is 4. The van der Waals surface area contributed by atoms with Crippen molar-refractivity contribution in [1.82, 2.24) is 14.5 Å². The molecule has 4 aromatic rings. The topological polar surface area (TPSA) is 62.6 Å². The SMILES string of the molecule is COc1ccc(N=C2S/C(=C/c3ccn(C)c3)C(=O)N2CCc2c[nH]c3ccccc23)cc1. The van der Waals surface area contributed by atoms with Gasteiger partial charge in [-0.1, -0.05) is 18.2 Å². The number of amides is 1. The Labute approximate surface area is 196 Å². The molecule has 1 N–H and O–H groups in total. The van der Waals surface area contributed by atoms with E-state index < -0.39 is 0 Å². The van der Waals surface area contributed by atoms with Crippen molar-refractivity contribution in [2.24, 2.45) is 12.0 Å². The van der Waals surface area contributed by atoms with E-state index in [2.05, 4.69) is 17.1 Å². The summed E-state index contributed by atoms with van der Waals surface area (Å²) in [6.45, 7) is 0.550. The molecule has 0 unspecified atom stereocenters. The van der Waals surface area contributed by atoms with Gasteiger partial charge in [-0.15, -0.1) is 0 Å². The normalized spacial score (nSPS) is 16.4. The van der Waals surface area contributed by atoms with Crippen molar-refractivity contribution in [2.45, 2.75) is 6.42 Å². The Morgan fingerprint density at radius 3 is 2.70 bits per heavy atom. The molecule has 33 heavy (non-hydrogen) atoms. The Morgan fingerprint density at radius 2 is 1.94 bits per heavy atom. The number of carbonyl (C=O) groups is 1. The zero-order valence-corrected chi connectivity index (χ0v) is 19.3. The van der Waals surface area contributed by atoms with Crippen LogP contribution >= 0.6 is 11.8 Å². The maximum absolute atomic E-state index is 13.4. The van der Waals surface area contributed by atoms with Crippen molar-refractivity contribution in [3.05, 3.63) is 89.2 Å². The molecule has 2 aromatic carbocycles. The van der Waals surface area contributed by atoms with Crippen LogP contribution in [-0.4, -0.2) is 39.2 Å². The molecule has 1 aliphatic rings. The van der Waals surface area contributed by atoms with Crippen LogP contribution in [0.4, 0.5) is 5.69 Å². The van der Waals surface area contributed by atoms with E-state index in [0.29, 0.717) is 16.6 Å². The van der Waals surface area contributed by atoms with Gasteiger partial charge < -0.3 is 14.3 Å². The first kappa shape index (κ1) is 21.2. The summed E-state index contributed by atoms with van der Waals surface area (Å²) in [6, 6.07) is 17.8. The molecule has 2 aromatic heterocycles. The van der Waals surface area contributed by atoms with Gasteiger partial charge >= 0.3 is 0 Å². The van der Waals surface area contributed by atoms with E-state index in [0.717, 1.165) is 28.9 Å².